The molecule has 0 saturated heterocycles. The second-order valence-corrected chi connectivity index (χ2v) is 6.26. The van der Waals surface area contributed by atoms with E-state index in [4.69, 9.17) is 0 Å². The van der Waals surface area contributed by atoms with E-state index in [1.54, 1.807) is 6.92 Å². The Labute approximate surface area is 138 Å². The van der Waals surface area contributed by atoms with E-state index in [0.717, 1.165) is 16.7 Å². The molecule has 23 heavy (non-hydrogen) atoms. The van der Waals surface area contributed by atoms with E-state index >= 15 is 0 Å². The van der Waals surface area contributed by atoms with Crippen molar-refractivity contribution in [3.8, 4) is 17.2 Å². The van der Waals surface area contributed by atoms with Crippen LogP contribution in [-0.2, 0) is 11.2 Å². The molecule has 1 atom stereocenters. The predicted octanol–water partition coefficient (Wildman–Crippen LogP) is 3.95. The zero-order valence-corrected chi connectivity index (χ0v) is 13.8. The molecule has 0 aliphatic rings. The Bertz CT molecular complexity index is 699. The van der Waals surface area contributed by atoms with Crippen LogP contribution in [0.25, 0.3) is 11.1 Å². The van der Waals surface area contributed by atoms with E-state index < -0.39 is 5.54 Å². The van der Waals surface area contributed by atoms with Crippen molar-refractivity contribution in [1.82, 2.24) is 5.32 Å². The number of carbonyl (C=O) groups excluding carboxylic acids is 1. The lowest BCUT2D eigenvalue weighted by atomic mass is 9.90. The van der Waals surface area contributed by atoms with Crippen LogP contribution in [0.2, 0.25) is 0 Å². The summed E-state index contributed by atoms with van der Waals surface area (Å²) in [5.74, 6) is -0.0767. The molecule has 0 saturated carbocycles. The third-order valence-electron chi connectivity index (χ3n) is 4.21. The standard InChI is InChI=1S/C20H22N2O/c1-15(2)20(3,14-21)22-19(23)13-16-9-11-18(12-10-16)17-7-5-4-6-8-17/h4-12,15H,13H2,1-3H3,(H,22,23). The first kappa shape index (κ1) is 16.8. The fourth-order valence-electron chi connectivity index (χ4n) is 2.27. The molecule has 118 valence electrons. The van der Waals surface area contributed by atoms with Crippen LogP contribution in [0.5, 0.6) is 0 Å². The van der Waals surface area contributed by atoms with Gasteiger partial charge in [0.1, 0.15) is 5.54 Å². The zero-order valence-electron chi connectivity index (χ0n) is 13.8. The van der Waals surface area contributed by atoms with Crippen molar-refractivity contribution in [3.63, 3.8) is 0 Å². The Morgan fingerprint density at radius 2 is 1.65 bits per heavy atom. The van der Waals surface area contributed by atoms with Gasteiger partial charge in [-0.15, -0.1) is 0 Å². The number of benzene rings is 2. The highest BCUT2D eigenvalue weighted by Crippen LogP contribution is 2.20. The summed E-state index contributed by atoms with van der Waals surface area (Å²) in [6.45, 7) is 5.62. The Hall–Kier alpha value is -2.60. The second kappa shape index (κ2) is 7.11. The van der Waals surface area contributed by atoms with Crippen LogP contribution in [0, 0.1) is 17.2 Å². The van der Waals surface area contributed by atoms with E-state index in [9.17, 15) is 10.1 Å². The highest BCUT2D eigenvalue weighted by molar-refractivity contribution is 5.80. The fraction of sp³-hybridized carbons (Fsp3) is 0.300. The highest BCUT2D eigenvalue weighted by Gasteiger charge is 2.29. The Morgan fingerprint density at radius 3 is 2.17 bits per heavy atom. The summed E-state index contributed by atoms with van der Waals surface area (Å²) in [7, 11) is 0. The number of nitrogens with zero attached hydrogens (tertiary/aromatic N) is 1. The monoisotopic (exact) mass is 306 g/mol. The number of hydrogen-bond donors (Lipinski definition) is 1. The molecule has 0 radical (unpaired) electrons. The van der Waals surface area contributed by atoms with Crippen LogP contribution in [-0.4, -0.2) is 11.4 Å². The first-order chi connectivity index (χ1) is 10.9. The highest BCUT2D eigenvalue weighted by atomic mass is 16.1. The summed E-state index contributed by atoms with van der Waals surface area (Å²) >= 11 is 0. The van der Waals surface area contributed by atoms with Crippen LogP contribution in [0.3, 0.4) is 0 Å². The molecule has 0 aromatic heterocycles. The summed E-state index contributed by atoms with van der Waals surface area (Å²) in [4.78, 5) is 12.2. The summed E-state index contributed by atoms with van der Waals surface area (Å²) in [6.07, 6.45) is 0.277. The van der Waals surface area contributed by atoms with Gasteiger partial charge in [0.05, 0.1) is 12.5 Å². The molecule has 1 amide bonds. The van der Waals surface area contributed by atoms with Crippen LogP contribution < -0.4 is 5.32 Å². The first-order valence-electron chi connectivity index (χ1n) is 7.81. The van der Waals surface area contributed by atoms with Gasteiger partial charge in [-0.05, 0) is 29.5 Å². The van der Waals surface area contributed by atoms with Crippen molar-refractivity contribution in [2.75, 3.05) is 0 Å². The van der Waals surface area contributed by atoms with E-state index in [2.05, 4.69) is 23.5 Å². The maximum absolute atomic E-state index is 12.2. The number of amides is 1. The van der Waals surface area contributed by atoms with Crippen molar-refractivity contribution in [2.24, 2.45) is 5.92 Å². The Kier molecular flexibility index (Phi) is 5.18. The molecule has 1 unspecified atom stereocenters. The normalized spacial score (nSPS) is 13.2. The quantitative estimate of drug-likeness (QED) is 0.909. The minimum absolute atomic E-state index is 0.0527. The average Bonchev–Trinajstić information content (AvgIpc) is 2.56. The van der Waals surface area contributed by atoms with Gasteiger partial charge in [0, 0.05) is 0 Å². The molecule has 1 N–H and O–H groups in total. The fourth-order valence-corrected chi connectivity index (χ4v) is 2.27. The van der Waals surface area contributed by atoms with Gasteiger partial charge in [-0.3, -0.25) is 4.79 Å². The molecule has 3 heteroatoms. The SMILES string of the molecule is CC(C)C(C)(C#N)NC(=O)Cc1ccc(-c2ccccc2)cc1. The second-order valence-electron chi connectivity index (χ2n) is 6.26. The number of carbonyl (C=O) groups is 1. The maximum atomic E-state index is 12.2. The van der Waals surface area contributed by atoms with Crippen molar-refractivity contribution in [1.29, 1.82) is 5.26 Å². The molecule has 2 aromatic carbocycles. The van der Waals surface area contributed by atoms with Crippen molar-refractivity contribution in [3.05, 3.63) is 60.2 Å². The summed E-state index contributed by atoms with van der Waals surface area (Å²) in [5, 5.41) is 12.1. The van der Waals surface area contributed by atoms with Gasteiger partial charge < -0.3 is 5.32 Å². The van der Waals surface area contributed by atoms with E-state index in [-0.39, 0.29) is 18.2 Å². The van der Waals surface area contributed by atoms with Gasteiger partial charge in [-0.1, -0.05) is 68.4 Å². The largest absolute Gasteiger partial charge is 0.338 e. The first-order valence-corrected chi connectivity index (χ1v) is 7.81. The minimum atomic E-state index is -0.832. The van der Waals surface area contributed by atoms with Crippen LogP contribution >= 0.6 is 0 Å². The number of nitrogens with one attached hydrogen (secondary N) is 1. The van der Waals surface area contributed by atoms with Gasteiger partial charge in [-0.2, -0.15) is 5.26 Å². The van der Waals surface area contributed by atoms with E-state index in [1.807, 2.05) is 56.3 Å². The third kappa shape index (κ3) is 4.20. The van der Waals surface area contributed by atoms with Gasteiger partial charge in [0.2, 0.25) is 5.91 Å². The molecule has 2 rings (SSSR count). The molecular weight excluding hydrogens is 284 g/mol. The van der Waals surface area contributed by atoms with Gasteiger partial charge >= 0.3 is 0 Å². The number of nitriles is 1. The average molecular weight is 306 g/mol. The van der Waals surface area contributed by atoms with Crippen molar-refractivity contribution < 1.29 is 4.79 Å². The molecule has 0 heterocycles. The predicted molar refractivity (Wildman–Crippen MR) is 92.6 cm³/mol. The molecule has 0 spiro atoms. The van der Waals surface area contributed by atoms with Gasteiger partial charge in [0.15, 0.2) is 0 Å². The van der Waals surface area contributed by atoms with Crippen LogP contribution in [0.15, 0.2) is 54.6 Å². The summed E-state index contributed by atoms with van der Waals surface area (Å²) in [6, 6.07) is 20.3. The molecule has 0 aliphatic heterocycles. The number of hydrogen-bond acceptors (Lipinski definition) is 2. The van der Waals surface area contributed by atoms with Gasteiger partial charge in [0.25, 0.3) is 0 Å². The van der Waals surface area contributed by atoms with Gasteiger partial charge in [-0.25, -0.2) is 0 Å². The molecular formula is C20H22N2O. The maximum Gasteiger partial charge on any atom is 0.225 e. The summed E-state index contributed by atoms with van der Waals surface area (Å²) in [5.41, 5.74) is 2.38. The topological polar surface area (TPSA) is 52.9 Å². The smallest absolute Gasteiger partial charge is 0.225 e. The zero-order chi connectivity index (χ0) is 16.9. The van der Waals surface area contributed by atoms with E-state index in [1.165, 1.54) is 0 Å². The molecule has 0 bridgehead atoms. The Balaban J connectivity index is 2.04. The molecule has 2 aromatic rings. The van der Waals surface area contributed by atoms with Crippen molar-refractivity contribution >= 4 is 5.91 Å². The lowest BCUT2D eigenvalue weighted by molar-refractivity contribution is -0.122. The van der Waals surface area contributed by atoms with Crippen LogP contribution in [0.4, 0.5) is 0 Å². The third-order valence-corrected chi connectivity index (χ3v) is 4.21. The van der Waals surface area contributed by atoms with Crippen LogP contribution in [0.1, 0.15) is 26.3 Å². The lowest BCUT2D eigenvalue weighted by Gasteiger charge is -2.27. The lowest BCUT2D eigenvalue weighted by Crippen LogP contribution is -2.49. The number of rotatable bonds is 5. The molecule has 0 fully saturated rings. The summed E-state index contributed by atoms with van der Waals surface area (Å²) < 4.78 is 0. The minimum Gasteiger partial charge on any atom is -0.338 e. The molecule has 0 aliphatic carbocycles. The van der Waals surface area contributed by atoms with Crippen molar-refractivity contribution in [2.45, 2.75) is 32.7 Å². The molecule has 3 nitrogen and oxygen atoms in total. The van der Waals surface area contributed by atoms with E-state index in [0.29, 0.717) is 0 Å². The Morgan fingerprint density at radius 1 is 1.09 bits per heavy atom.